The Morgan fingerprint density at radius 1 is 1.16 bits per heavy atom. The fourth-order valence-corrected chi connectivity index (χ4v) is 2.38. The number of hydrogen-bond donors (Lipinski definition) is 2. The maximum Gasteiger partial charge on any atom is 0.193 e. The van der Waals surface area contributed by atoms with E-state index in [1.54, 1.807) is 6.20 Å². The predicted octanol–water partition coefficient (Wildman–Crippen LogP) is 3.43. The van der Waals surface area contributed by atoms with Crippen molar-refractivity contribution in [1.29, 1.82) is 0 Å². The molecule has 0 saturated carbocycles. The molecule has 3 aromatic rings. The van der Waals surface area contributed by atoms with Gasteiger partial charge >= 0.3 is 0 Å². The third-order valence-corrected chi connectivity index (χ3v) is 3.51. The highest BCUT2D eigenvalue weighted by Gasteiger charge is 2.04. The molecule has 25 heavy (non-hydrogen) atoms. The molecule has 0 unspecified atom stereocenters. The largest absolute Gasteiger partial charge is 0.370 e. The Bertz CT molecular complexity index is 840. The van der Waals surface area contributed by atoms with Crippen molar-refractivity contribution >= 4 is 35.6 Å². The number of nitrogens with zero attached hydrogens (tertiary/aromatic N) is 4. The van der Waals surface area contributed by atoms with Crippen LogP contribution in [0.3, 0.4) is 0 Å². The second kappa shape index (κ2) is 8.61. The number of halogens is 1. The number of pyridine rings is 1. The molecule has 0 atom stereocenters. The number of guanidine groups is 1. The number of benzene rings is 1. The zero-order valence-corrected chi connectivity index (χ0v) is 16.5. The van der Waals surface area contributed by atoms with Crippen molar-refractivity contribution in [3.8, 4) is 5.82 Å². The van der Waals surface area contributed by atoms with E-state index >= 15 is 0 Å². The number of hydrogen-bond acceptors (Lipinski definition) is 3. The summed E-state index contributed by atoms with van der Waals surface area (Å²) < 4.78 is 1.83. The number of anilines is 1. The standard InChI is InChI=1S/C18H20N6.HI/c1-13-10-14(2)24(23-13)17-9-8-15(11-20-17)12-21-18(19)22-16-6-4-3-5-7-16;/h3-11H,12H2,1-2H3,(H3,19,21,22);1H. The quantitative estimate of drug-likeness (QED) is 0.364. The van der Waals surface area contributed by atoms with Crippen LogP contribution in [0.15, 0.2) is 59.7 Å². The first-order valence-electron chi connectivity index (χ1n) is 7.72. The highest BCUT2D eigenvalue weighted by atomic mass is 127. The maximum atomic E-state index is 5.90. The second-order valence-corrected chi connectivity index (χ2v) is 5.56. The highest BCUT2D eigenvalue weighted by Crippen LogP contribution is 2.11. The Labute approximate surface area is 164 Å². The van der Waals surface area contributed by atoms with Crippen LogP contribution in [0, 0.1) is 13.8 Å². The molecule has 0 saturated heterocycles. The van der Waals surface area contributed by atoms with E-state index in [-0.39, 0.29) is 24.0 Å². The molecule has 0 aliphatic rings. The lowest BCUT2D eigenvalue weighted by atomic mass is 10.3. The molecule has 0 bridgehead atoms. The molecule has 130 valence electrons. The van der Waals surface area contributed by atoms with Gasteiger partial charge in [-0.3, -0.25) is 0 Å². The molecule has 0 aliphatic heterocycles. The summed E-state index contributed by atoms with van der Waals surface area (Å²) in [7, 11) is 0. The van der Waals surface area contributed by atoms with E-state index in [0.717, 1.165) is 28.5 Å². The summed E-state index contributed by atoms with van der Waals surface area (Å²) >= 11 is 0. The third-order valence-electron chi connectivity index (χ3n) is 3.51. The average molecular weight is 448 g/mol. The Morgan fingerprint density at radius 3 is 2.52 bits per heavy atom. The summed E-state index contributed by atoms with van der Waals surface area (Å²) in [5.74, 6) is 1.17. The van der Waals surface area contributed by atoms with Gasteiger partial charge in [0.25, 0.3) is 0 Å². The van der Waals surface area contributed by atoms with E-state index in [2.05, 4.69) is 20.4 Å². The number of rotatable bonds is 4. The van der Waals surface area contributed by atoms with Gasteiger partial charge in [0.05, 0.1) is 12.2 Å². The molecule has 2 heterocycles. The van der Waals surface area contributed by atoms with Crippen molar-refractivity contribution in [2.24, 2.45) is 10.7 Å². The van der Waals surface area contributed by atoms with Crippen molar-refractivity contribution in [2.45, 2.75) is 20.4 Å². The van der Waals surface area contributed by atoms with Gasteiger partial charge < -0.3 is 11.1 Å². The predicted molar refractivity (Wildman–Crippen MR) is 112 cm³/mol. The number of aromatic nitrogens is 3. The Hall–Kier alpha value is -2.42. The van der Waals surface area contributed by atoms with Gasteiger partial charge in [-0.15, -0.1) is 24.0 Å². The first-order chi connectivity index (χ1) is 11.6. The van der Waals surface area contributed by atoms with Crippen molar-refractivity contribution in [3.63, 3.8) is 0 Å². The molecule has 2 aromatic heterocycles. The minimum Gasteiger partial charge on any atom is -0.370 e. The monoisotopic (exact) mass is 448 g/mol. The molecule has 0 amide bonds. The molecular formula is C18H21IN6. The minimum absolute atomic E-state index is 0. The van der Waals surface area contributed by atoms with Gasteiger partial charge in [-0.05, 0) is 43.7 Å². The van der Waals surface area contributed by atoms with Crippen molar-refractivity contribution < 1.29 is 0 Å². The van der Waals surface area contributed by atoms with Crippen LogP contribution in [0.4, 0.5) is 5.69 Å². The Balaban J connectivity index is 0.00000225. The SMILES string of the molecule is Cc1cc(C)n(-c2ccc(CN=C(N)Nc3ccccc3)cn2)n1.I. The summed E-state index contributed by atoms with van der Waals surface area (Å²) in [6.45, 7) is 4.45. The molecule has 0 aliphatic carbocycles. The minimum atomic E-state index is 0. The molecular weight excluding hydrogens is 427 g/mol. The van der Waals surface area contributed by atoms with Crippen LogP contribution in [0.25, 0.3) is 5.82 Å². The van der Waals surface area contributed by atoms with Gasteiger partial charge in [-0.1, -0.05) is 24.3 Å². The van der Waals surface area contributed by atoms with E-state index in [0.29, 0.717) is 12.5 Å². The third kappa shape index (κ3) is 5.02. The van der Waals surface area contributed by atoms with Gasteiger partial charge in [0.1, 0.15) is 0 Å². The molecule has 3 N–H and O–H groups in total. The van der Waals surface area contributed by atoms with Crippen molar-refractivity contribution in [3.05, 3.63) is 71.7 Å². The zero-order chi connectivity index (χ0) is 16.9. The lowest BCUT2D eigenvalue weighted by molar-refractivity contribution is 0.803. The summed E-state index contributed by atoms with van der Waals surface area (Å²) in [5.41, 5.74) is 9.83. The van der Waals surface area contributed by atoms with E-state index in [9.17, 15) is 0 Å². The maximum absolute atomic E-state index is 5.90. The summed E-state index contributed by atoms with van der Waals surface area (Å²) in [4.78, 5) is 8.79. The van der Waals surface area contributed by atoms with Crippen molar-refractivity contribution in [1.82, 2.24) is 14.8 Å². The smallest absolute Gasteiger partial charge is 0.193 e. The fourth-order valence-electron chi connectivity index (χ4n) is 2.38. The van der Waals surface area contributed by atoms with E-state index in [4.69, 9.17) is 5.73 Å². The van der Waals surface area contributed by atoms with Gasteiger partial charge in [0.2, 0.25) is 0 Å². The number of aryl methyl sites for hydroxylation is 2. The van der Waals surface area contributed by atoms with Crippen LogP contribution in [-0.2, 0) is 6.54 Å². The zero-order valence-electron chi connectivity index (χ0n) is 14.2. The molecule has 3 rings (SSSR count). The summed E-state index contributed by atoms with van der Waals surface area (Å²) in [6, 6.07) is 15.7. The molecule has 0 radical (unpaired) electrons. The topological polar surface area (TPSA) is 81.1 Å². The number of aliphatic imine (C=N–C) groups is 1. The van der Waals surface area contributed by atoms with Gasteiger partial charge in [0, 0.05) is 17.6 Å². The van der Waals surface area contributed by atoms with Gasteiger partial charge in [-0.25, -0.2) is 14.7 Å². The first-order valence-corrected chi connectivity index (χ1v) is 7.72. The fraction of sp³-hybridized carbons (Fsp3) is 0.167. The Morgan fingerprint density at radius 2 is 1.92 bits per heavy atom. The van der Waals surface area contributed by atoms with Crippen LogP contribution in [0.5, 0.6) is 0 Å². The van der Waals surface area contributed by atoms with E-state index in [1.807, 2.05) is 67.1 Å². The summed E-state index contributed by atoms with van der Waals surface area (Å²) in [5, 5.41) is 7.48. The highest BCUT2D eigenvalue weighted by molar-refractivity contribution is 14.0. The van der Waals surface area contributed by atoms with Crippen LogP contribution in [-0.4, -0.2) is 20.7 Å². The van der Waals surface area contributed by atoms with Gasteiger partial charge in [-0.2, -0.15) is 5.10 Å². The molecule has 0 fully saturated rings. The number of nitrogens with two attached hydrogens (primary N) is 1. The van der Waals surface area contributed by atoms with Crippen LogP contribution in [0.1, 0.15) is 17.0 Å². The first kappa shape index (κ1) is 18.9. The molecule has 7 heteroatoms. The average Bonchev–Trinajstić information content (AvgIpc) is 2.93. The molecule has 6 nitrogen and oxygen atoms in total. The van der Waals surface area contributed by atoms with E-state index < -0.39 is 0 Å². The molecule has 0 spiro atoms. The van der Waals surface area contributed by atoms with E-state index in [1.165, 1.54) is 0 Å². The lowest BCUT2D eigenvalue weighted by Gasteiger charge is -2.06. The number of para-hydroxylation sites is 1. The normalized spacial score (nSPS) is 11.0. The van der Waals surface area contributed by atoms with Crippen LogP contribution in [0.2, 0.25) is 0 Å². The second-order valence-electron chi connectivity index (χ2n) is 5.56. The summed E-state index contributed by atoms with van der Waals surface area (Å²) in [6.07, 6.45) is 1.80. The van der Waals surface area contributed by atoms with Crippen LogP contribution < -0.4 is 11.1 Å². The lowest BCUT2D eigenvalue weighted by Crippen LogP contribution is -2.22. The van der Waals surface area contributed by atoms with Crippen LogP contribution >= 0.6 is 24.0 Å². The molecule has 1 aromatic carbocycles. The van der Waals surface area contributed by atoms with Crippen molar-refractivity contribution in [2.75, 3.05) is 5.32 Å². The Kier molecular flexibility index (Phi) is 6.51. The van der Waals surface area contributed by atoms with Gasteiger partial charge in [0.15, 0.2) is 11.8 Å². The number of nitrogens with one attached hydrogen (secondary N) is 1.